The van der Waals surface area contributed by atoms with Crippen molar-refractivity contribution >= 4 is 28.9 Å². The molecule has 1 aromatic rings. The highest BCUT2D eigenvalue weighted by Gasteiger charge is 2.42. The van der Waals surface area contributed by atoms with E-state index in [-0.39, 0.29) is 11.1 Å². The molecule has 0 bridgehead atoms. The van der Waals surface area contributed by atoms with Crippen LogP contribution in [-0.4, -0.2) is 20.4 Å². The smallest absolute Gasteiger partial charge is 0.183 e. The van der Waals surface area contributed by atoms with Crippen molar-refractivity contribution < 1.29 is 0 Å². The predicted octanol–water partition coefficient (Wildman–Crippen LogP) is 5.76. The monoisotopic (exact) mass is 361 g/mol. The van der Waals surface area contributed by atoms with Crippen molar-refractivity contribution in [1.82, 2.24) is 4.31 Å². The maximum Gasteiger partial charge on any atom is 0.183 e. The van der Waals surface area contributed by atoms with Gasteiger partial charge in [0.1, 0.15) is 6.07 Å². The molecule has 130 valence electrons. The van der Waals surface area contributed by atoms with Crippen molar-refractivity contribution in [2.75, 3.05) is 0 Å². The molecule has 0 spiro atoms. The number of rotatable bonds is 4. The van der Waals surface area contributed by atoms with E-state index in [0.29, 0.717) is 5.04 Å². The lowest BCUT2D eigenvalue weighted by molar-refractivity contribution is 0.0678. The molecule has 5 heteroatoms. The van der Waals surface area contributed by atoms with E-state index in [1.165, 1.54) is 41.4 Å². The molecule has 1 saturated heterocycles. The molecule has 0 atom stereocenters. The first-order valence-corrected chi connectivity index (χ1v) is 10.1. The molecule has 0 unspecified atom stereocenters. The summed E-state index contributed by atoms with van der Waals surface area (Å²) < 4.78 is 6.92. The minimum absolute atomic E-state index is 0.0953. The molecule has 1 aliphatic heterocycles. The van der Waals surface area contributed by atoms with Crippen LogP contribution < -0.4 is 0 Å². The molecule has 0 amide bonds. The molecule has 1 fully saturated rings. The Morgan fingerprint density at radius 3 is 2.29 bits per heavy atom. The van der Waals surface area contributed by atoms with E-state index in [2.05, 4.69) is 73.7 Å². The van der Waals surface area contributed by atoms with Gasteiger partial charge in [-0.25, -0.2) is 4.31 Å². The van der Waals surface area contributed by atoms with E-state index >= 15 is 0 Å². The molecule has 0 saturated carbocycles. The standard InChI is InChI=1S/C19H27N3S2/c1-15-7-9-16(10-8-15)14-23-17(13-20)21-24-22-18(2,3)11-6-12-19(22,4)5/h7-10H,6,11-12,14H2,1-5H3/b21-17+. The minimum atomic E-state index is 0.0953. The van der Waals surface area contributed by atoms with Crippen LogP contribution in [0.15, 0.2) is 28.7 Å². The number of piperidine rings is 1. The predicted molar refractivity (Wildman–Crippen MR) is 107 cm³/mol. The van der Waals surface area contributed by atoms with Crippen molar-refractivity contribution in [2.24, 2.45) is 4.40 Å². The second-order valence-corrected chi connectivity index (χ2v) is 9.31. The highest BCUT2D eigenvalue weighted by Crippen LogP contribution is 2.43. The Labute approximate surface area is 155 Å². The molecule has 0 aromatic heterocycles. The van der Waals surface area contributed by atoms with Crippen LogP contribution in [0.3, 0.4) is 0 Å². The van der Waals surface area contributed by atoms with Crippen molar-refractivity contribution in [3.05, 3.63) is 35.4 Å². The van der Waals surface area contributed by atoms with Gasteiger partial charge in [0.25, 0.3) is 0 Å². The van der Waals surface area contributed by atoms with Crippen molar-refractivity contribution in [1.29, 1.82) is 5.26 Å². The number of thioether (sulfide) groups is 1. The van der Waals surface area contributed by atoms with Crippen LogP contribution in [-0.2, 0) is 5.75 Å². The second-order valence-electron chi connectivity index (χ2n) is 7.64. The topological polar surface area (TPSA) is 39.4 Å². The molecule has 0 N–H and O–H groups in total. The molecule has 24 heavy (non-hydrogen) atoms. The molecule has 1 aliphatic rings. The van der Waals surface area contributed by atoms with Gasteiger partial charge < -0.3 is 0 Å². The Morgan fingerprint density at radius 1 is 1.17 bits per heavy atom. The fourth-order valence-corrected chi connectivity index (χ4v) is 4.88. The molecular formula is C19H27N3S2. The molecule has 1 aromatic carbocycles. The van der Waals surface area contributed by atoms with E-state index in [9.17, 15) is 5.26 Å². The summed E-state index contributed by atoms with van der Waals surface area (Å²) in [5.74, 6) is 0.778. The number of aryl methyl sites for hydroxylation is 1. The summed E-state index contributed by atoms with van der Waals surface area (Å²) >= 11 is 2.97. The Morgan fingerprint density at radius 2 is 1.75 bits per heavy atom. The van der Waals surface area contributed by atoms with Gasteiger partial charge in [-0.1, -0.05) is 41.6 Å². The summed E-state index contributed by atoms with van der Waals surface area (Å²) in [6, 6.07) is 10.7. The van der Waals surface area contributed by atoms with Gasteiger partial charge in [0, 0.05) is 16.8 Å². The fraction of sp³-hybridized carbons (Fsp3) is 0.579. The molecular weight excluding hydrogens is 334 g/mol. The summed E-state index contributed by atoms with van der Waals surface area (Å²) in [4.78, 5) is 0. The van der Waals surface area contributed by atoms with Crippen LogP contribution >= 0.6 is 23.9 Å². The maximum absolute atomic E-state index is 9.40. The molecule has 3 nitrogen and oxygen atoms in total. The highest BCUT2D eigenvalue weighted by atomic mass is 32.2. The molecule has 0 radical (unpaired) electrons. The van der Waals surface area contributed by atoms with E-state index in [4.69, 9.17) is 0 Å². The lowest BCUT2D eigenvalue weighted by atomic mass is 9.83. The third kappa shape index (κ3) is 5.02. The summed E-state index contributed by atoms with van der Waals surface area (Å²) in [5, 5.41) is 9.94. The Bertz CT molecular complexity index is 611. The Hall–Kier alpha value is -0.960. The van der Waals surface area contributed by atoms with Gasteiger partial charge in [-0.15, -0.1) is 0 Å². The number of nitriles is 1. The summed E-state index contributed by atoms with van der Waals surface area (Å²) in [5.41, 5.74) is 2.66. The first kappa shape index (κ1) is 19.4. The fourth-order valence-electron chi connectivity index (χ4n) is 3.19. The van der Waals surface area contributed by atoms with Crippen LogP contribution in [0.5, 0.6) is 0 Å². The quantitative estimate of drug-likeness (QED) is 0.388. The zero-order chi connectivity index (χ0) is 17.8. The lowest BCUT2D eigenvalue weighted by Crippen LogP contribution is -2.54. The van der Waals surface area contributed by atoms with Gasteiger partial charge in [-0.2, -0.15) is 9.66 Å². The number of benzene rings is 1. The van der Waals surface area contributed by atoms with E-state index in [1.807, 2.05) is 0 Å². The first-order valence-electron chi connectivity index (χ1n) is 8.38. The second kappa shape index (κ2) is 7.95. The van der Waals surface area contributed by atoms with Crippen molar-refractivity contribution in [2.45, 2.75) is 70.7 Å². The Kier molecular flexibility index (Phi) is 6.41. The van der Waals surface area contributed by atoms with Crippen molar-refractivity contribution in [3.8, 4) is 6.07 Å². The summed E-state index contributed by atoms with van der Waals surface area (Å²) in [6.45, 7) is 11.1. The molecule has 1 heterocycles. The average Bonchev–Trinajstić information content (AvgIpc) is 2.50. The Balaban J connectivity index is 2.02. The van der Waals surface area contributed by atoms with Crippen LogP contribution in [0, 0.1) is 18.3 Å². The lowest BCUT2D eigenvalue weighted by Gasteiger charge is -2.50. The molecule has 0 aliphatic carbocycles. The van der Waals surface area contributed by atoms with Crippen LogP contribution in [0.2, 0.25) is 0 Å². The minimum Gasteiger partial charge on any atom is -0.220 e. The van der Waals surface area contributed by atoms with Gasteiger partial charge in [0.05, 0.1) is 12.1 Å². The third-order valence-electron chi connectivity index (χ3n) is 4.47. The average molecular weight is 362 g/mol. The van der Waals surface area contributed by atoms with Crippen LogP contribution in [0.4, 0.5) is 0 Å². The van der Waals surface area contributed by atoms with Crippen LogP contribution in [0.1, 0.15) is 58.1 Å². The largest absolute Gasteiger partial charge is 0.220 e. The summed E-state index contributed by atoms with van der Waals surface area (Å²) in [7, 11) is 0. The van der Waals surface area contributed by atoms with E-state index < -0.39 is 0 Å². The number of hydrogen-bond acceptors (Lipinski definition) is 5. The zero-order valence-electron chi connectivity index (χ0n) is 15.3. The van der Waals surface area contributed by atoms with E-state index in [0.717, 1.165) is 18.6 Å². The first-order chi connectivity index (χ1) is 11.2. The SMILES string of the molecule is Cc1ccc(CS/C(C#N)=N/SN2C(C)(C)CCCC2(C)C)cc1. The maximum atomic E-state index is 9.40. The van der Waals surface area contributed by atoms with Crippen molar-refractivity contribution in [3.63, 3.8) is 0 Å². The number of hydrogen-bond donors (Lipinski definition) is 0. The third-order valence-corrected chi connectivity index (χ3v) is 6.94. The molecule has 2 rings (SSSR count). The van der Waals surface area contributed by atoms with Gasteiger partial charge in [0.2, 0.25) is 0 Å². The van der Waals surface area contributed by atoms with E-state index in [1.54, 1.807) is 0 Å². The van der Waals surface area contributed by atoms with Gasteiger partial charge >= 0.3 is 0 Å². The number of nitrogens with zero attached hydrogens (tertiary/aromatic N) is 3. The highest BCUT2D eigenvalue weighted by molar-refractivity contribution is 8.14. The van der Waals surface area contributed by atoms with Gasteiger partial charge in [-0.3, -0.25) is 0 Å². The normalized spacial score (nSPS) is 20.6. The van der Waals surface area contributed by atoms with Gasteiger partial charge in [-0.05, 0) is 59.4 Å². The van der Waals surface area contributed by atoms with Crippen LogP contribution in [0.25, 0.3) is 0 Å². The zero-order valence-corrected chi connectivity index (χ0v) is 16.9. The summed E-state index contributed by atoms with van der Waals surface area (Å²) in [6.07, 6.45) is 3.57. The van der Waals surface area contributed by atoms with Gasteiger partial charge in [0.15, 0.2) is 5.04 Å².